The molecule has 9 heteroatoms. The zero-order valence-corrected chi connectivity index (χ0v) is 17.5. The van der Waals surface area contributed by atoms with Gasteiger partial charge in [0, 0.05) is 18.8 Å². The molecule has 156 valence electrons. The van der Waals surface area contributed by atoms with Crippen molar-refractivity contribution in [2.75, 3.05) is 25.1 Å². The van der Waals surface area contributed by atoms with Crippen molar-refractivity contribution < 1.29 is 23.7 Å². The van der Waals surface area contributed by atoms with Gasteiger partial charge >= 0.3 is 7.87 Å². The van der Waals surface area contributed by atoms with Crippen molar-refractivity contribution in [1.29, 1.82) is 0 Å². The van der Waals surface area contributed by atoms with Crippen LogP contribution in [-0.4, -0.2) is 35.2 Å². The van der Waals surface area contributed by atoms with E-state index in [9.17, 15) is 14.4 Å². The van der Waals surface area contributed by atoms with Crippen molar-refractivity contribution in [3.05, 3.63) is 65.9 Å². The normalized spacial score (nSPS) is 19.3. The summed E-state index contributed by atoms with van der Waals surface area (Å²) in [6.45, 7) is 4.64. The highest BCUT2D eigenvalue weighted by atomic mass is 31.2. The van der Waals surface area contributed by atoms with Gasteiger partial charge in [-0.15, -0.1) is 0 Å². The summed E-state index contributed by atoms with van der Waals surface area (Å²) in [5, 5.41) is 13.4. The van der Waals surface area contributed by atoms with Crippen LogP contribution in [0.3, 0.4) is 0 Å². The Kier molecular flexibility index (Phi) is 6.57. The zero-order chi connectivity index (χ0) is 21.0. The number of rotatable bonds is 8. The molecule has 29 heavy (non-hydrogen) atoms. The minimum absolute atomic E-state index is 0.0713. The summed E-state index contributed by atoms with van der Waals surface area (Å²) in [5.74, 6) is -1.03. The summed E-state index contributed by atoms with van der Waals surface area (Å²) < 4.78 is 25.3. The highest BCUT2D eigenvalue weighted by Crippen LogP contribution is 2.66. The number of hydrogen-bond donors (Lipinski definition) is 3. The molecule has 0 saturated carbocycles. The van der Waals surface area contributed by atoms with E-state index in [0.717, 1.165) is 11.9 Å². The Morgan fingerprint density at radius 3 is 2.72 bits per heavy atom. The van der Waals surface area contributed by atoms with E-state index < -0.39 is 19.5 Å². The van der Waals surface area contributed by atoms with Gasteiger partial charge in [0.2, 0.25) is 0 Å². The van der Waals surface area contributed by atoms with Gasteiger partial charge in [-0.25, -0.2) is 14.5 Å². The summed E-state index contributed by atoms with van der Waals surface area (Å²) in [5.41, 5.74) is 0.902. The van der Waals surface area contributed by atoms with Crippen LogP contribution in [0.5, 0.6) is 5.75 Å². The zero-order valence-electron chi connectivity index (χ0n) is 16.6. The van der Waals surface area contributed by atoms with Crippen molar-refractivity contribution in [3.63, 3.8) is 0 Å². The first-order valence-electron chi connectivity index (χ1n) is 9.31. The number of hydrogen-bond acceptors (Lipinski definition) is 7. The molecule has 0 spiro atoms. The number of halogens is 1. The molecule has 2 atom stereocenters. The molecule has 0 radical (unpaired) electrons. The highest BCUT2D eigenvalue weighted by molar-refractivity contribution is 7.64. The lowest BCUT2D eigenvalue weighted by Crippen LogP contribution is -2.24. The maximum Gasteiger partial charge on any atom is 0.447 e. The van der Waals surface area contributed by atoms with Gasteiger partial charge in [-0.3, -0.25) is 4.52 Å². The SMILES string of the molecule is CC(C)C1=CO[P+](O)(C(O)c2ccc(OCCN(C)c3ccccn3)c(F)c2)N1. The van der Waals surface area contributed by atoms with Crippen LogP contribution in [0.25, 0.3) is 0 Å². The number of ether oxygens (including phenoxy) is 1. The molecule has 0 bridgehead atoms. The van der Waals surface area contributed by atoms with Gasteiger partial charge in [0.15, 0.2) is 17.8 Å². The monoisotopic (exact) mass is 422 g/mol. The van der Waals surface area contributed by atoms with Gasteiger partial charge in [0.05, 0.1) is 12.2 Å². The molecule has 0 saturated heterocycles. The Morgan fingerprint density at radius 2 is 2.10 bits per heavy atom. The third-order valence-electron chi connectivity index (χ3n) is 4.56. The molecule has 7 nitrogen and oxygen atoms in total. The van der Waals surface area contributed by atoms with Gasteiger partial charge in [0.1, 0.15) is 12.4 Å². The fourth-order valence-electron chi connectivity index (χ4n) is 2.74. The first kappa shape index (κ1) is 21.3. The van der Waals surface area contributed by atoms with E-state index in [4.69, 9.17) is 9.26 Å². The number of benzene rings is 1. The molecule has 3 N–H and O–H groups in total. The summed E-state index contributed by atoms with van der Waals surface area (Å²) >= 11 is 0. The molecule has 2 heterocycles. The largest absolute Gasteiger partial charge is 0.489 e. The van der Waals surface area contributed by atoms with Crippen LogP contribution in [-0.2, 0) is 4.52 Å². The molecule has 1 aromatic carbocycles. The first-order chi connectivity index (χ1) is 13.8. The number of likely N-dealkylation sites (N-methyl/N-ethyl adjacent to an activating group) is 1. The lowest BCUT2D eigenvalue weighted by Gasteiger charge is -2.20. The average Bonchev–Trinajstić information content (AvgIpc) is 3.13. The molecular weight excluding hydrogens is 396 g/mol. The molecule has 1 aliphatic rings. The van der Waals surface area contributed by atoms with E-state index in [1.54, 1.807) is 6.20 Å². The maximum atomic E-state index is 14.5. The lowest BCUT2D eigenvalue weighted by molar-refractivity contribution is 0.217. The van der Waals surface area contributed by atoms with Gasteiger partial charge in [-0.1, -0.05) is 19.9 Å². The lowest BCUT2D eigenvalue weighted by atomic mass is 10.2. The van der Waals surface area contributed by atoms with Crippen molar-refractivity contribution in [2.24, 2.45) is 5.92 Å². The average molecular weight is 422 g/mol. The Balaban J connectivity index is 1.59. The number of pyridine rings is 1. The summed E-state index contributed by atoms with van der Waals surface area (Å²) in [4.78, 5) is 16.8. The summed E-state index contributed by atoms with van der Waals surface area (Å²) in [7, 11) is -1.48. The number of allylic oxidation sites excluding steroid dienone is 1. The van der Waals surface area contributed by atoms with E-state index in [2.05, 4.69) is 10.1 Å². The standard InChI is InChI=1S/C20H26FN3O4P/c1-14(2)17-13-28-29(26,23-17)20(25)15-7-8-18(16(21)12-15)27-11-10-24(3)19-6-4-5-9-22-19/h4-9,12-14,20,23,25-26H,10-11H2,1-3H3/q+1. The Labute approximate surface area is 170 Å². The van der Waals surface area contributed by atoms with E-state index in [-0.39, 0.29) is 23.8 Å². The van der Waals surface area contributed by atoms with Gasteiger partial charge < -0.3 is 14.7 Å². The van der Waals surface area contributed by atoms with Gasteiger partial charge in [-0.2, -0.15) is 4.89 Å². The van der Waals surface area contributed by atoms with Crippen molar-refractivity contribution in [1.82, 2.24) is 10.1 Å². The minimum Gasteiger partial charge on any atom is -0.489 e. The smallest absolute Gasteiger partial charge is 0.447 e. The second-order valence-corrected chi connectivity index (χ2v) is 9.26. The third-order valence-corrected chi connectivity index (χ3v) is 6.53. The Bertz CT molecular complexity index is 868. The fraction of sp³-hybridized carbons (Fsp3) is 0.350. The van der Waals surface area contributed by atoms with Crippen LogP contribution >= 0.6 is 7.87 Å². The predicted molar refractivity (Wildman–Crippen MR) is 111 cm³/mol. The number of nitrogens with one attached hydrogen (secondary N) is 1. The maximum absolute atomic E-state index is 14.5. The van der Waals surface area contributed by atoms with Gasteiger partial charge in [0.25, 0.3) is 5.85 Å². The topological polar surface area (TPSA) is 87.1 Å². The highest BCUT2D eigenvalue weighted by Gasteiger charge is 2.53. The fourth-order valence-corrected chi connectivity index (χ4v) is 4.55. The van der Waals surface area contributed by atoms with Crippen molar-refractivity contribution in [3.8, 4) is 5.75 Å². The van der Waals surface area contributed by atoms with E-state index >= 15 is 0 Å². The molecule has 0 fully saturated rings. The van der Waals surface area contributed by atoms with E-state index in [1.807, 2.05) is 44.0 Å². The molecule has 2 aromatic rings. The van der Waals surface area contributed by atoms with Crippen LogP contribution in [0.1, 0.15) is 25.3 Å². The summed E-state index contributed by atoms with van der Waals surface area (Å²) in [6.07, 6.45) is 3.11. The number of anilines is 1. The van der Waals surface area contributed by atoms with Crippen molar-refractivity contribution >= 4 is 13.7 Å². The number of aliphatic hydroxyl groups is 1. The molecule has 0 aliphatic carbocycles. The van der Waals surface area contributed by atoms with Crippen LogP contribution in [0, 0.1) is 11.7 Å². The minimum atomic E-state index is -3.35. The molecule has 0 amide bonds. The van der Waals surface area contributed by atoms with Crippen LogP contribution < -0.4 is 14.7 Å². The quantitative estimate of drug-likeness (QED) is 0.561. The second kappa shape index (κ2) is 8.95. The molecule has 3 rings (SSSR count). The Morgan fingerprint density at radius 1 is 1.31 bits per heavy atom. The van der Waals surface area contributed by atoms with E-state index in [0.29, 0.717) is 12.2 Å². The van der Waals surface area contributed by atoms with Crippen LogP contribution in [0.4, 0.5) is 10.2 Å². The molecule has 1 aromatic heterocycles. The molecule has 2 unspecified atom stereocenters. The number of nitrogens with zero attached hydrogens (tertiary/aromatic N) is 2. The molecular formula is C20H26FN3O4P+. The number of aromatic nitrogens is 1. The third kappa shape index (κ3) is 4.96. The second-order valence-electron chi connectivity index (χ2n) is 7.09. The first-order valence-corrected chi connectivity index (χ1v) is 11.0. The summed E-state index contributed by atoms with van der Waals surface area (Å²) in [6, 6.07) is 9.71. The molecule has 1 aliphatic heterocycles. The van der Waals surface area contributed by atoms with E-state index in [1.165, 1.54) is 18.4 Å². The van der Waals surface area contributed by atoms with Crippen LogP contribution in [0.15, 0.2) is 54.6 Å². The van der Waals surface area contributed by atoms with Gasteiger partial charge in [-0.05, 0) is 36.2 Å². The Hall–Kier alpha value is -2.41. The van der Waals surface area contributed by atoms with Crippen molar-refractivity contribution in [2.45, 2.75) is 19.7 Å². The predicted octanol–water partition coefficient (Wildman–Crippen LogP) is 3.60. The number of aliphatic hydroxyl groups excluding tert-OH is 1. The van der Waals surface area contributed by atoms with Crippen LogP contribution in [0.2, 0.25) is 0 Å².